The maximum atomic E-state index is 8.62. The Labute approximate surface area is 81.2 Å². The van der Waals surface area contributed by atoms with Crippen molar-refractivity contribution in [1.82, 2.24) is 0 Å². The molecule has 1 aromatic rings. The van der Waals surface area contributed by atoms with E-state index in [-0.39, 0.29) is 4.83 Å². The molecule has 0 amide bonds. The van der Waals surface area contributed by atoms with E-state index in [9.17, 15) is 0 Å². The van der Waals surface area contributed by atoms with Gasteiger partial charge in [0.25, 0.3) is 0 Å². The summed E-state index contributed by atoms with van der Waals surface area (Å²) in [6.45, 7) is 2.12. The van der Waals surface area contributed by atoms with Crippen LogP contribution in [-0.4, -0.2) is 0 Å². The van der Waals surface area contributed by atoms with Crippen LogP contribution in [0, 0.1) is 11.3 Å². The van der Waals surface area contributed by atoms with Crippen LogP contribution in [-0.2, 0) is 6.42 Å². The quantitative estimate of drug-likeness (QED) is 0.707. The zero-order valence-electron chi connectivity index (χ0n) is 6.92. The third kappa shape index (κ3) is 2.09. The van der Waals surface area contributed by atoms with Crippen molar-refractivity contribution in [3.63, 3.8) is 0 Å². The first-order valence-corrected chi connectivity index (χ1v) is 4.82. The number of hydrogen-bond acceptors (Lipinski definition) is 1. The molecule has 1 rings (SSSR count). The zero-order chi connectivity index (χ0) is 8.97. The minimum Gasteiger partial charge on any atom is -0.197 e. The van der Waals surface area contributed by atoms with Gasteiger partial charge in [-0.25, -0.2) is 0 Å². The van der Waals surface area contributed by atoms with Gasteiger partial charge < -0.3 is 0 Å². The molecule has 0 aliphatic heterocycles. The number of halogens is 1. The average Bonchev–Trinajstić information content (AvgIpc) is 2.17. The van der Waals surface area contributed by atoms with Crippen molar-refractivity contribution in [2.75, 3.05) is 0 Å². The SMILES string of the molecule is CCc1ccc(C(Br)C#N)cc1. The van der Waals surface area contributed by atoms with E-state index in [2.05, 4.69) is 41.1 Å². The van der Waals surface area contributed by atoms with Crippen LogP contribution in [0.15, 0.2) is 24.3 Å². The van der Waals surface area contributed by atoms with Gasteiger partial charge in [-0.15, -0.1) is 0 Å². The highest BCUT2D eigenvalue weighted by atomic mass is 79.9. The van der Waals surface area contributed by atoms with Crippen LogP contribution in [0.3, 0.4) is 0 Å². The van der Waals surface area contributed by atoms with E-state index in [1.165, 1.54) is 5.56 Å². The van der Waals surface area contributed by atoms with Crippen LogP contribution < -0.4 is 0 Å². The molecule has 62 valence electrons. The van der Waals surface area contributed by atoms with Crippen LogP contribution in [0.4, 0.5) is 0 Å². The van der Waals surface area contributed by atoms with Crippen LogP contribution in [0.25, 0.3) is 0 Å². The van der Waals surface area contributed by atoms with E-state index in [1.54, 1.807) is 0 Å². The summed E-state index contributed by atoms with van der Waals surface area (Å²) in [6.07, 6.45) is 1.04. The minimum absolute atomic E-state index is 0.177. The van der Waals surface area contributed by atoms with E-state index >= 15 is 0 Å². The lowest BCUT2D eigenvalue weighted by atomic mass is 10.1. The molecule has 1 unspecified atom stereocenters. The molecule has 0 heterocycles. The molecule has 0 saturated carbocycles. The summed E-state index contributed by atoms with van der Waals surface area (Å²) in [6, 6.07) is 10.2. The topological polar surface area (TPSA) is 23.8 Å². The molecule has 12 heavy (non-hydrogen) atoms. The fourth-order valence-corrected chi connectivity index (χ4v) is 1.30. The Morgan fingerprint density at radius 2 is 2.00 bits per heavy atom. The van der Waals surface area contributed by atoms with E-state index in [0.29, 0.717) is 0 Å². The maximum absolute atomic E-state index is 8.62. The molecule has 0 bridgehead atoms. The van der Waals surface area contributed by atoms with Gasteiger partial charge in [0, 0.05) is 0 Å². The predicted octanol–water partition coefficient (Wildman–Crippen LogP) is 3.21. The fraction of sp³-hybridized carbons (Fsp3) is 0.300. The van der Waals surface area contributed by atoms with Gasteiger partial charge in [0.15, 0.2) is 0 Å². The Kier molecular flexibility index (Phi) is 3.31. The highest BCUT2D eigenvalue weighted by molar-refractivity contribution is 9.09. The Hall–Kier alpha value is -0.810. The van der Waals surface area contributed by atoms with Crippen molar-refractivity contribution in [1.29, 1.82) is 5.26 Å². The van der Waals surface area contributed by atoms with Crippen LogP contribution in [0.2, 0.25) is 0 Å². The summed E-state index contributed by atoms with van der Waals surface area (Å²) >= 11 is 3.27. The lowest BCUT2D eigenvalue weighted by Crippen LogP contribution is -1.86. The first-order chi connectivity index (χ1) is 5.77. The van der Waals surface area contributed by atoms with Gasteiger partial charge in [-0.05, 0) is 17.5 Å². The summed E-state index contributed by atoms with van der Waals surface area (Å²) < 4.78 is 0. The van der Waals surface area contributed by atoms with Crippen molar-refractivity contribution in [3.05, 3.63) is 35.4 Å². The summed E-state index contributed by atoms with van der Waals surface area (Å²) in [4.78, 5) is -0.177. The zero-order valence-corrected chi connectivity index (χ0v) is 8.51. The normalized spacial score (nSPS) is 12.1. The molecule has 0 radical (unpaired) electrons. The molecule has 0 spiro atoms. The summed E-state index contributed by atoms with van der Waals surface area (Å²) in [7, 11) is 0. The number of alkyl halides is 1. The minimum atomic E-state index is -0.177. The van der Waals surface area contributed by atoms with Gasteiger partial charge in [-0.3, -0.25) is 0 Å². The highest BCUT2D eigenvalue weighted by Gasteiger charge is 2.03. The molecular formula is C10H10BrN. The maximum Gasteiger partial charge on any atom is 0.126 e. The second-order valence-electron chi connectivity index (χ2n) is 2.59. The van der Waals surface area contributed by atoms with Gasteiger partial charge in [0.1, 0.15) is 4.83 Å². The summed E-state index contributed by atoms with van der Waals surface area (Å²) in [5.41, 5.74) is 2.33. The smallest absolute Gasteiger partial charge is 0.126 e. The van der Waals surface area contributed by atoms with Gasteiger partial charge in [-0.2, -0.15) is 5.26 Å². The second-order valence-corrected chi connectivity index (χ2v) is 3.50. The Morgan fingerprint density at radius 3 is 2.42 bits per heavy atom. The summed E-state index contributed by atoms with van der Waals surface area (Å²) in [5, 5.41) is 8.62. The van der Waals surface area contributed by atoms with E-state index in [0.717, 1.165) is 12.0 Å². The van der Waals surface area contributed by atoms with Crippen molar-refractivity contribution in [2.24, 2.45) is 0 Å². The molecule has 0 N–H and O–H groups in total. The lowest BCUT2D eigenvalue weighted by Gasteiger charge is -2.01. The number of hydrogen-bond donors (Lipinski definition) is 0. The van der Waals surface area contributed by atoms with Gasteiger partial charge in [0.05, 0.1) is 6.07 Å². The molecule has 1 nitrogen and oxygen atoms in total. The number of aryl methyl sites for hydroxylation is 1. The first-order valence-electron chi connectivity index (χ1n) is 3.90. The molecule has 0 aliphatic rings. The standard InChI is InChI=1S/C10H10BrN/c1-2-8-3-5-9(6-4-8)10(11)7-12/h3-6,10H,2H2,1H3. The van der Waals surface area contributed by atoms with Crippen LogP contribution in [0.1, 0.15) is 22.9 Å². The fourth-order valence-electron chi connectivity index (χ4n) is 0.997. The lowest BCUT2D eigenvalue weighted by molar-refractivity contribution is 1.13. The van der Waals surface area contributed by atoms with Crippen LogP contribution in [0.5, 0.6) is 0 Å². The average molecular weight is 224 g/mol. The number of nitrogens with zero attached hydrogens (tertiary/aromatic N) is 1. The number of rotatable bonds is 2. The predicted molar refractivity (Wildman–Crippen MR) is 53.1 cm³/mol. The number of nitriles is 1. The largest absolute Gasteiger partial charge is 0.197 e. The van der Waals surface area contributed by atoms with E-state index < -0.39 is 0 Å². The third-order valence-electron chi connectivity index (χ3n) is 1.79. The van der Waals surface area contributed by atoms with Crippen LogP contribution >= 0.6 is 15.9 Å². The van der Waals surface area contributed by atoms with Gasteiger partial charge in [-0.1, -0.05) is 47.1 Å². The second kappa shape index (κ2) is 4.27. The third-order valence-corrected chi connectivity index (χ3v) is 2.53. The molecule has 1 aromatic carbocycles. The van der Waals surface area contributed by atoms with Gasteiger partial charge in [0.2, 0.25) is 0 Å². The van der Waals surface area contributed by atoms with Crippen molar-refractivity contribution >= 4 is 15.9 Å². The Balaban J connectivity index is 2.86. The van der Waals surface area contributed by atoms with Gasteiger partial charge >= 0.3 is 0 Å². The monoisotopic (exact) mass is 223 g/mol. The molecule has 0 fully saturated rings. The molecule has 0 saturated heterocycles. The summed E-state index contributed by atoms with van der Waals surface area (Å²) in [5.74, 6) is 0. The Bertz CT molecular complexity index is 284. The highest BCUT2D eigenvalue weighted by Crippen LogP contribution is 2.21. The van der Waals surface area contributed by atoms with Crippen molar-refractivity contribution in [2.45, 2.75) is 18.2 Å². The Morgan fingerprint density at radius 1 is 1.42 bits per heavy atom. The number of benzene rings is 1. The van der Waals surface area contributed by atoms with Crippen molar-refractivity contribution < 1.29 is 0 Å². The van der Waals surface area contributed by atoms with Crippen molar-refractivity contribution in [3.8, 4) is 6.07 Å². The van der Waals surface area contributed by atoms with E-state index in [4.69, 9.17) is 5.26 Å². The first kappa shape index (κ1) is 9.28. The van der Waals surface area contributed by atoms with E-state index in [1.807, 2.05) is 12.1 Å². The molecule has 0 aliphatic carbocycles. The molecule has 1 atom stereocenters. The molecule has 2 heteroatoms. The molecular weight excluding hydrogens is 214 g/mol. The molecule has 0 aromatic heterocycles.